The summed E-state index contributed by atoms with van der Waals surface area (Å²) in [6.45, 7) is 5.30. The molecule has 7 heteroatoms. The SMILES string of the molecule is CCCCN(CC(=O)N(CCc1c[nH]c2ccccc12)Cc1ccc(F)cc1)C(=O)Nc1ccc(C)cc1. The Balaban J connectivity index is 1.50. The van der Waals surface area contributed by atoms with Crippen molar-refractivity contribution in [3.8, 4) is 0 Å². The smallest absolute Gasteiger partial charge is 0.322 e. The van der Waals surface area contributed by atoms with Crippen LogP contribution in [0.15, 0.2) is 79.0 Å². The number of urea groups is 1. The number of para-hydroxylation sites is 1. The summed E-state index contributed by atoms with van der Waals surface area (Å²) in [5, 5.41) is 4.05. The molecule has 0 spiro atoms. The molecule has 3 aromatic carbocycles. The maximum atomic E-state index is 13.6. The Morgan fingerprint density at radius 2 is 1.66 bits per heavy atom. The highest BCUT2D eigenvalue weighted by Gasteiger charge is 2.22. The number of aromatic nitrogens is 1. The van der Waals surface area contributed by atoms with Crippen LogP contribution in [0.3, 0.4) is 0 Å². The first-order valence-corrected chi connectivity index (χ1v) is 13.1. The molecule has 0 saturated carbocycles. The topological polar surface area (TPSA) is 68.4 Å². The van der Waals surface area contributed by atoms with Crippen LogP contribution in [0.5, 0.6) is 0 Å². The normalized spacial score (nSPS) is 10.9. The lowest BCUT2D eigenvalue weighted by molar-refractivity contribution is -0.132. The molecule has 6 nitrogen and oxygen atoms in total. The van der Waals surface area contributed by atoms with Crippen molar-refractivity contribution in [3.05, 3.63) is 102 Å². The summed E-state index contributed by atoms with van der Waals surface area (Å²) in [7, 11) is 0. The van der Waals surface area contributed by atoms with Gasteiger partial charge in [-0.3, -0.25) is 4.79 Å². The van der Waals surface area contributed by atoms with Crippen LogP contribution >= 0.6 is 0 Å². The first-order valence-electron chi connectivity index (χ1n) is 13.1. The third kappa shape index (κ3) is 7.22. The number of fused-ring (bicyclic) bond motifs is 1. The van der Waals surface area contributed by atoms with E-state index in [1.54, 1.807) is 21.9 Å². The third-order valence-corrected chi connectivity index (χ3v) is 6.66. The van der Waals surface area contributed by atoms with Gasteiger partial charge < -0.3 is 20.1 Å². The Morgan fingerprint density at radius 1 is 0.921 bits per heavy atom. The third-order valence-electron chi connectivity index (χ3n) is 6.66. The lowest BCUT2D eigenvalue weighted by atomic mass is 10.1. The molecule has 1 aromatic heterocycles. The van der Waals surface area contributed by atoms with Gasteiger partial charge in [-0.1, -0.05) is 61.4 Å². The maximum absolute atomic E-state index is 13.6. The number of hydrogen-bond acceptors (Lipinski definition) is 2. The first kappa shape index (κ1) is 26.9. The number of hydrogen-bond donors (Lipinski definition) is 2. The van der Waals surface area contributed by atoms with Gasteiger partial charge in [0, 0.05) is 42.4 Å². The number of anilines is 1. The zero-order valence-electron chi connectivity index (χ0n) is 22.0. The number of nitrogens with zero attached hydrogens (tertiary/aromatic N) is 2. The van der Waals surface area contributed by atoms with Crippen molar-refractivity contribution in [1.29, 1.82) is 0 Å². The molecular formula is C31H35FN4O2. The summed E-state index contributed by atoms with van der Waals surface area (Å²) in [5.74, 6) is -0.465. The zero-order chi connectivity index (χ0) is 26.9. The number of nitrogens with one attached hydrogen (secondary N) is 2. The van der Waals surface area contributed by atoms with Crippen LogP contribution < -0.4 is 5.32 Å². The summed E-state index contributed by atoms with van der Waals surface area (Å²) in [5.41, 5.74) is 4.81. The fraction of sp³-hybridized carbons (Fsp3) is 0.290. The first-order chi connectivity index (χ1) is 18.4. The highest BCUT2D eigenvalue weighted by molar-refractivity contribution is 5.92. The van der Waals surface area contributed by atoms with Gasteiger partial charge in [0.1, 0.15) is 12.4 Å². The maximum Gasteiger partial charge on any atom is 0.322 e. The van der Waals surface area contributed by atoms with Crippen molar-refractivity contribution in [3.63, 3.8) is 0 Å². The predicted molar refractivity (Wildman–Crippen MR) is 150 cm³/mol. The molecule has 0 atom stereocenters. The van der Waals surface area contributed by atoms with Crippen molar-refractivity contribution < 1.29 is 14.0 Å². The van der Waals surface area contributed by atoms with E-state index in [1.165, 1.54) is 12.1 Å². The van der Waals surface area contributed by atoms with Gasteiger partial charge in [0.25, 0.3) is 0 Å². The van der Waals surface area contributed by atoms with E-state index in [0.29, 0.717) is 31.7 Å². The number of H-pyrrole nitrogens is 1. The predicted octanol–water partition coefficient (Wildman–Crippen LogP) is 6.52. The largest absolute Gasteiger partial charge is 0.361 e. The van der Waals surface area contributed by atoms with E-state index in [9.17, 15) is 14.0 Å². The molecule has 0 aliphatic heterocycles. The second-order valence-electron chi connectivity index (χ2n) is 9.62. The monoisotopic (exact) mass is 514 g/mol. The molecule has 0 bridgehead atoms. The lowest BCUT2D eigenvalue weighted by Gasteiger charge is -2.28. The van der Waals surface area contributed by atoms with Gasteiger partial charge in [0.05, 0.1) is 0 Å². The molecule has 0 aliphatic carbocycles. The average molecular weight is 515 g/mol. The van der Waals surface area contributed by atoms with Gasteiger partial charge in [-0.05, 0) is 61.2 Å². The standard InChI is InChI=1S/C31H35FN4O2/c1-3-4-18-36(31(38)34-27-15-9-23(2)10-16-27)22-30(37)35(21-24-11-13-26(32)14-12-24)19-17-25-20-33-29-8-6-5-7-28(25)29/h5-16,20,33H,3-4,17-19,21-22H2,1-2H3,(H,34,38). The molecule has 0 unspecified atom stereocenters. The van der Waals surface area contributed by atoms with Gasteiger partial charge in [0.15, 0.2) is 0 Å². The number of carbonyl (C=O) groups is 2. The number of rotatable bonds is 11. The minimum atomic E-state index is -0.316. The Hall–Kier alpha value is -4.13. The van der Waals surface area contributed by atoms with Gasteiger partial charge >= 0.3 is 6.03 Å². The fourth-order valence-electron chi connectivity index (χ4n) is 4.40. The number of aryl methyl sites for hydroxylation is 1. The molecule has 2 N–H and O–H groups in total. The molecule has 3 amide bonds. The molecule has 0 fully saturated rings. The van der Waals surface area contributed by atoms with Gasteiger partial charge in [-0.2, -0.15) is 0 Å². The van der Waals surface area contributed by atoms with Crippen LogP contribution in [0.1, 0.15) is 36.5 Å². The average Bonchev–Trinajstić information content (AvgIpc) is 3.34. The van der Waals surface area contributed by atoms with Crippen molar-refractivity contribution in [1.82, 2.24) is 14.8 Å². The van der Waals surface area contributed by atoms with Crippen molar-refractivity contribution in [2.75, 3.05) is 25.0 Å². The van der Waals surface area contributed by atoms with Crippen LogP contribution in [0.2, 0.25) is 0 Å². The number of benzene rings is 3. The van der Waals surface area contributed by atoms with Crippen LogP contribution in [-0.2, 0) is 17.8 Å². The molecule has 0 saturated heterocycles. The molecular weight excluding hydrogens is 479 g/mol. The quantitative estimate of drug-likeness (QED) is 0.239. The van der Waals surface area contributed by atoms with E-state index < -0.39 is 0 Å². The summed E-state index contributed by atoms with van der Waals surface area (Å²) >= 11 is 0. The highest BCUT2D eigenvalue weighted by atomic mass is 19.1. The summed E-state index contributed by atoms with van der Waals surface area (Å²) < 4.78 is 13.5. The Bertz CT molecular complexity index is 1350. The molecule has 0 aliphatic rings. The van der Waals surface area contributed by atoms with Gasteiger partial charge in [-0.25, -0.2) is 9.18 Å². The Labute approximate surface area is 223 Å². The minimum absolute atomic E-state index is 0.0349. The molecule has 4 rings (SSSR count). The van der Waals surface area contributed by atoms with E-state index in [4.69, 9.17) is 0 Å². The number of amides is 3. The Morgan fingerprint density at radius 3 is 2.39 bits per heavy atom. The highest BCUT2D eigenvalue weighted by Crippen LogP contribution is 2.19. The van der Waals surface area contributed by atoms with E-state index in [-0.39, 0.29) is 24.3 Å². The Kier molecular flexibility index (Phi) is 9.14. The zero-order valence-corrected chi connectivity index (χ0v) is 22.0. The molecule has 198 valence electrons. The number of aromatic amines is 1. The number of halogens is 1. The van der Waals surface area contributed by atoms with Crippen molar-refractivity contribution in [2.24, 2.45) is 0 Å². The minimum Gasteiger partial charge on any atom is -0.361 e. The van der Waals surface area contributed by atoms with Crippen LogP contribution in [0.25, 0.3) is 10.9 Å². The van der Waals surface area contributed by atoms with Gasteiger partial charge in [-0.15, -0.1) is 0 Å². The van der Waals surface area contributed by atoms with E-state index in [2.05, 4.69) is 23.3 Å². The van der Waals surface area contributed by atoms with E-state index >= 15 is 0 Å². The number of carbonyl (C=O) groups excluding carboxylic acids is 2. The summed E-state index contributed by atoms with van der Waals surface area (Å²) in [6.07, 6.45) is 4.33. The van der Waals surface area contributed by atoms with Crippen molar-refractivity contribution >= 4 is 28.5 Å². The van der Waals surface area contributed by atoms with Crippen molar-refractivity contribution in [2.45, 2.75) is 39.7 Å². The molecule has 0 radical (unpaired) electrons. The summed E-state index contributed by atoms with van der Waals surface area (Å²) in [6, 6.07) is 21.6. The molecule has 1 heterocycles. The van der Waals surface area contributed by atoms with Crippen LogP contribution in [0.4, 0.5) is 14.9 Å². The molecule has 4 aromatic rings. The van der Waals surface area contributed by atoms with E-state index in [1.807, 2.05) is 55.6 Å². The van der Waals surface area contributed by atoms with Crippen LogP contribution in [-0.4, -0.2) is 46.4 Å². The van der Waals surface area contributed by atoms with Gasteiger partial charge in [0.2, 0.25) is 5.91 Å². The molecule has 38 heavy (non-hydrogen) atoms. The lowest BCUT2D eigenvalue weighted by Crippen LogP contribution is -2.45. The van der Waals surface area contributed by atoms with Crippen LogP contribution in [0, 0.1) is 12.7 Å². The second kappa shape index (κ2) is 12.9. The second-order valence-corrected chi connectivity index (χ2v) is 9.62. The summed E-state index contributed by atoms with van der Waals surface area (Å²) in [4.78, 5) is 33.4. The van der Waals surface area contributed by atoms with E-state index in [0.717, 1.165) is 40.4 Å². The number of unbranched alkanes of at least 4 members (excludes halogenated alkanes) is 1. The fourth-order valence-corrected chi connectivity index (χ4v) is 4.40.